The zero-order valence-corrected chi connectivity index (χ0v) is 11.6. The van der Waals surface area contributed by atoms with Gasteiger partial charge in [0.05, 0.1) is 6.54 Å². The van der Waals surface area contributed by atoms with E-state index in [2.05, 4.69) is 20.4 Å². The second kappa shape index (κ2) is 5.84. The van der Waals surface area contributed by atoms with Gasteiger partial charge in [0.25, 0.3) is 0 Å². The van der Waals surface area contributed by atoms with Crippen LogP contribution in [0.15, 0.2) is 41.2 Å². The van der Waals surface area contributed by atoms with Gasteiger partial charge in [0.2, 0.25) is 17.6 Å². The van der Waals surface area contributed by atoms with E-state index in [0.29, 0.717) is 11.7 Å². The molecule has 0 saturated heterocycles. The molecule has 7 heteroatoms. The van der Waals surface area contributed by atoms with Gasteiger partial charge in [-0.15, -0.1) is 0 Å². The van der Waals surface area contributed by atoms with Crippen molar-refractivity contribution in [1.29, 1.82) is 0 Å². The molecule has 21 heavy (non-hydrogen) atoms. The minimum atomic E-state index is -0.268. The highest BCUT2D eigenvalue weighted by atomic mass is 16.5. The summed E-state index contributed by atoms with van der Waals surface area (Å²) in [6.45, 7) is 0.994. The second-order valence-electron chi connectivity index (χ2n) is 4.76. The van der Waals surface area contributed by atoms with Gasteiger partial charge in [-0.05, 0) is 12.1 Å². The standard InChI is InChI=1S/C14H15N5O2/c1-19(14(20)11-5-3-7-16-11)9-12-17-13(18-21-12)10-4-2-6-15-8-10/h2-6,8,11,16H,7,9H2,1H3/t11-/m1/s1. The number of aromatic nitrogens is 3. The Labute approximate surface area is 121 Å². The molecule has 0 spiro atoms. The molecule has 7 nitrogen and oxygen atoms in total. The van der Waals surface area contributed by atoms with Gasteiger partial charge in [-0.3, -0.25) is 15.1 Å². The lowest BCUT2D eigenvalue weighted by molar-refractivity contribution is -0.131. The van der Waals surface area contributed by atoms with E-state index in [9.17, 15) is 4.79 Å². The number of carbonyl (C=O) groups excluding carboxylic acids is 1. The fraction of sp³-hybridized carbons (Fsp3) is 0.286. The largest absolute Gasteiger partial charge is 0.337 e. The van der Waals surface area contributed by atoms with Crippen LogP contribution in [0, 0.1) is 0 Å². The summed E-state index contributed by atoms with van der Waals surface area (Å²) in [6, 6.07) is 3.39. The summed E-state index contributed by atoms with van der Waals surface area (Å²) in [5.41, 5.74) is 0.780. The molecule has 3 heterocycles. The number of likely N-dealkylation sites (N-methyl/N-ethyl adjacent to an activating group) is 1. The van der Waals surface area contributed by atoms with Crippen LogP contribution in [0.1, 0.15) is 5.89 Å². The van der Waals surface area contributed by atoms with Gasteiger partial charge in [0.1, 0.15) is 6.04 Å². The molecule has 0 radical (unpaired) electrons. The molecule has 1 aliphatic heterocycles. The molecule has 1 aliphatic rings. The molecule has 1 amide bonds. The Bertz CT molecular complexity index is 652. The number of amides is 1. The van der Waals surface area contributed by atoms with Gasteiger partial charge in [0.15, 0.2) is 0 Å². The molecular formula is C14H15N5O2. The third kappa shape index (κ3) is 2.97. The van der Waals surface area contributed by atoms with Crippen molar-refractivity contribution in [2.45, 2.75) is 12.6 Å². The van der Waals surface area contributed by atoms with E-state index in [0.717, 1.165) is 12.1 Å². The first kappa shape index (κ1) is 13.4. The summed E-state index contributed by atoms with van der Waals surface area (Å²) in [5.74, 6) is 0.842. The Morgan fingerprint density at radius 2 is 2.48 bits per heavy atom. The molecule has 0 aliphatic carbocycles. The summed E-state index contributed by atoms with van der Waals surface area (Å²) in [6.07, 6.45) is 7.13. The molecule has 2 aromatic rings. The normalized spacial score (nSPS) is 17.1. The minimum Gasteiger partial charge on any atom is -0.337 e. The third-order valence-electron chi connectivity index (χ3n) is 3.19. The first-order chi connectivity index (χ1) is 10.2. The molecule has 0 aromatic carbocycles. The molecule has 1 N–H and O–H groups in total. The van der Waals surface area contributed by atoms with Crippen molar-refractivity contribution in [2.24, 2.45) is 0 Å². The van der Waals surface area contributed by atoms with Crippen molar-refractivity contribution < 1.29 is 9.32 Å². The minimum absolute atomic E-state index is 0.0233. The number of hydrogen-bond donors (Lipinski definition) is 1. The Morgan fingerprint density at radius 1 is 1.57 bits per heavy atom. The summed E-state index contributed by atoms with van der Waals surface area (Å²) >= 11 is 0. The van der Waals surface area contributed by atoms with E-state index < -0.39 is 0 Å². The van der Waals surface area contributed by atoms with E-state index in [1.165, 1.54) is 0 Å². The molecule has 2 aromatic heterocycles. The lowest BCUT2D eigenvalue weighted by atomic mass is 10.2. The summed E-state index contributed by atoms with van der Waals surface area (Å²) < 4.78 is 5.18. The number of hydrogen-bond acceptors (Lipinski definition) is 6. The fourth-order valence-electron chi connectivity index (χ4n) is 2.09. The highest BCUT2D eigenvalue weighted by Gasteiger charge is 2.22. The average molecular weight is 285 g/mol. The SMILES string of the molecule is CN(Cc1nc(-c2cccnc2)no1)C(=O)[C@H]1C=CCN1. The zero-order valence-electron chi connectivity index (χ0n) is 11.6. The third-order valence-corrected chi connectivity index (χ3v) is 3.19. The smallest absolute Gasteiger partial charge is 0.246 e. The summed E-state index contributed by atoms with van der Waals surface area (Å²) in [4.78, 5) is 22.0. The lowest BCUT2D eigenvalue weighted by Crippen LogP contribution is -2.41. The van der Waals surface area contributed by atoms with E-state index in [-0.39, 0.29) is 18.5 Å². The predicted octanol–water partition coefficient (Wildman–Crippen LogP) is 0.618. The van der Waals surface area contributed by atoms with Crippen LogP contribution in [0.25, 0.3) is 11.4 Å². The highest BCUT2D eigenvalue weighted by molar-refractivity contribution is 5.84. The van der Waals surface area contributed by atoms with Gasteiger partial charge in [-0.25, -0.2) is 0 Å². The molecule has 1 atom stereocenters. The van der Waals surface area contributed by atoms with Crippen LogP contribution in [0.3, 0.4) is 0 Å². The zero-order chi connectivity index (χ0) is 14.7. The first-order valence-electron chi connectivity index (χ1n) is 6.62. The maximum absolute atomic E-state index is 12.1. The van der Waals surface area contributed by atoms with E-state index in [1.807, 2.05) is 18.2 Å². The average Bonchev–Trinajstić information content (AvgIpc) is 3.19. The lowest BCUT2D eigenvalue weighted by Gasteiger charge is -2.18. The van der Waals surface area contributed by atoms with Crippen molar-refractivity contribution in [1.82, 2.24) is 25.3 Å². The van der Waals surface area contributed by atoms with Crippen LogP contribution in [0.2, 0.25) is 0 Å². The van der Waals surface area contributed by atoms with Gasteiger partial charge < -0.3 is 9.42 Å². The van der Waals surface area contributed by atoms with Gasteiger partial charge in [0, 0.05) is 31.5 Å². The Hall–Kier alpha value is -2.54. The monoisotopic (exact) mass is 285 g/mol. The van der Waals surface area contributed by atoms with Crippen LogP contribution < -0.4 is 5.32 Å². The second-order valence-corrected chi connectivity index (χ2v) is 4.76. The van der Waals surface area contributed by atoms with Crippen molar-refractivity contribution in [3.8, 4) is 11.4 Å². The highest BCUT2D eigenvalue weighted by Crippen LogP contribution is 2.14. The Morgan fingerprint density at radius 3 is 3.19 bits per heavy atom. The van der Waals surface area contributed by atoms with Crippen LogP contribution in [-0.4, -0.2) is 45.6 Å². The first-order valence-corrected chi connectivity index (χ1v) is 6.62. The number of rotatable bonds is 4. The van der Waals surface area contributed by atoms with Crippen molar-refractivity contribution >= 4 is 5.91 Å². The van der Waals surface area contributed by atoms with E-state index >= 15 is 0 Å². The topological polar surface area (TPSA) is 84.2 Å². The molecule has 0 bridgehead atoms. The molecule has 0 fully saturated rings. The van der Waals surface area contributed by atoms with Gasteiger partial charge in [-0.2, -0.15) is 4.98 Å². The molecule has 0 saturated carbocycles. The summed E-state index contributed by atoms with van der Waals surface area (Å²) in [5, 5.41) is 6.98. The van der Waals surface area contributed by atoms with Crippen molar-refractivity contribution in [3.05, 3.63) is 42.6 Å². The van der Waals surface area contributed by atoms with Crippen LogP contribution in [0.4, 0.5) is 0 Å². The predicted molar refractivity (Wildman–Crippen MR) is 74.9 cm³/mol. The van der Waals surface area contributed by atoms with E-state index in [1.54, 1.807) is 30.4 Å². The maximum Gasteiger partial charge on any atom is 0.246 e. The molecule has 3 rings (SSSR count). The van der Waals surface area contributed by atoms with Crippen LogP contribution >= 0.6 is 0 Å². The fourth-order valence-corrected chi connectivity index (χ4v) is 2.09. The maximum atomic E-state index is 12.1. The van der Waals surface area contributed by atoms with Crippen LogP contribution in [0.5, 0.6) is 0 Å². The molecule has 108 valence electrons. The van der Waals surface area contributed by atoms with Crippen molar-refractivity contribution in [3.63, 3.8) is 0 Å². The number of carbonyl (C=O) groups is 1. The van der Waals surface area contributed by atoms with Crippen molar-refractivity contribution in [2.75, 3.05) is 13.6 Å². The molecule has 0 unspecified atom stereocenters. The summed E-state index contributed by atoms with van der Waals surface area (Å²) in [7, 11) is 1.71. The molecular weight excluding hydrogens is 270 g/mol. The van der Waals surface area contributed by atoms with E-state index in [4.69, 9.17) is 4.52 Å². The van der Waals surface area contributed by atoms with Gasteiger partial charge in [-0.1, -0.05) is 17.3 Å². The quantitative estimate of drug-likeness (QED) is 0.829. The van der Waals surface area contributed by atoms with Gasteiger partial charge >= 0.3 is 0 Å². The number of pyridine rings is 1. The Kier molecular flexibility index (Phi) is 3.74. The number of nitrogens with zero attached hydrogens (tertiary/aromatic N) is 4. The number of nitrogens with one attached hydrogen (secondary N) is 1. The Balaban J connectivity index is 1.67. The van der Waals surface area contributed by atoms with Crippen LogP contribution in [-0.2, 0) is 11.3 Å².